The smallest absolute Gasteiger partial charge is 0.389 e. The summed E-state index contributed by atoms with van der Waals surface area (Å²) in [5.74, 6) is 1.35. The van der Waals surface area contributed by atoms with Crippen LogP contribution in [0.25, 0.3) is 28.2 Å². The standard InChI is InChI=1S/C26H30F3N7O3/c1-15(32-8-6-7-26(27,28)29)19(12-30)20-13-33-24(31-2)23(34-20)21-14-36(3)25(37)22(35-21)16-9-17(38-4)11-18(10-16)39-5/h9-14H,6-8,30H2,1-5H3,(H,31,33). The monoisotopic (exact) mass is 545 g/mol. The normalized spacial score (nSPS) is 12.4. The van der Waals surface area contributed by atoms with Crippen molar-refractivity contribution < 1.29 is 22.6 Å². The minimum Gasteiger partial charge on any atom is -0.497 e. The van der Waals surface area contributed by atoms with Crippen LogP contribution in [0.15, 0.2) is 46.6 Å². The first-order valence-electron chi connectivity index (χ1n) is 11.9. The van der Waals surface area contributed by atoms with Gasteiger partial charge in [-0.2, -0.15) is 13.2 Å². The van der Waals surface area contributed by atoms with Gasteiger partial charge in [0.15, 0.2) is 5.82 Å². The molecule has 0 aliphatic carbocycles. The molecule has 2 aromatic heterocycles. The number of benzene rings is 1. The number of aliphatic imine (C=N–C) groups is 1. The summed E-state index contributed by atoms with van der Waals surface area (Å²) in [6, 6.07) is 5.02. The maximum atomic E-state index is 13.1. The lowest BCUT2D eigenvalue weighted by Crippen LogP contribution is -2.21. The second kappa shape index (κ2) is 12.4. The van der Waals surface area contributed by atoms with Crippen molar-refractivity contribution in [3.8, 4) is 34.1 Å². The fraction of sp³-hybridized carbons (Fsp3) is 0.346. The predicted octanol–water partition coefficient (Wildman–Crippen LogP) is 4.07. The van der Waals surface area contributed by atoms with Crippen molar-refractivity contribution in [1.29, 1.82) is 0 Å². The second-order valence-electron chi connectivity index (χ2n) is 8.46. The van der Waals surface area contributed by atoms with E-state index in [1.807, 2.05) is 0 Å². The van der Waals surface area contributed by atoms with E-state index in [-0.39, 0.29) is 24.2 Å². The lowest BCUT2D eigenvalue weighted by Gasteiger charge is -2.14. The van der Waals surface area contributed by atoms with Gasteiger partial charge in [0.25, 0.3) is 5.56 Å². The number of hydrogen-bond donors (Lipinski definition) is 2. The Morgan fingerprint density at radius 1 is 1.15 bits per heavy atom. The van der Waals surface area contributed by atoms with Gasteiger partial charge in [0.1, 0.15) is 28.6 Å². The number of aromatic nitrogens is 4. The largest absolute Gasteiger partial charge is 0.497 e. The third-order valence-corrected chi connectivity index (χ3v) is 5.75. The number of hydrogen-bond acceptors (Lipinski definition) is 9. The van der Waals surface area contributed by atoms with Crippen LogP contribution in [0.1, 0.15) is 25.5 Å². The van der Waals surface area contributed by atoms with Crippen LogP contribution in [-0.2, 0) is 7.05 Å². The number of methoxy groups -OCH3 is 2. The molecule has 0 amide bonds. The number of aryl methyl sites for hydroxylation is 1. The Balaban J connectivity index is 2.08. The van der Waals surface area contributed by atoms with Gasteiger partial charge in [-0.3, -0.25) is 9.79 Å². The van der Waals surface area contributed by atoms with Gasteiger partial charge in [-0.15, -0.1) is 0 Å². The number of nitrogens with one attached hydrogen (secondary N) is 1. The molecule has 3 aromatic rings. The Bertz CT molecular complexity index is 1430. The fourth-order valence-electron chi connectivity index (χ4n) is 3.74. The van der Waals surface area contributed by atoms with Gasteiger partial charge in [-0.05, 0) is 25.5 Å². The first kappa shape index (κ1) is 29.1. The van der Waals surface area contributed by atoms with Crippen molar-refractivity contribution in [1.82, 2.24) is 19.5 Å². The Morgan fingerprint density at radius 2 is 1.82 bits per heavy atom. The summed E-state index contributed by atoms with van der Waals surface area (Å²) in [5.41, 5.74) is 7.92. The summed E-state index contributed by atoms with van der Waals surface area (Å²) >= 11 is 0. The number of ether oxygens (including phenoxy) is 2. The van der Waals surface area contributed by atoms with Gasteiger partial charge in [0, 0.05) is 62.4 Å². The van der Waals surface area contributed by atoms with Crippen molar-refractivity contribution in [2.24, 2.45) is 17.8 Å². The summed E-state index contributed by atoms with van der Waals surface area (Å²) in [6.45, 7) is 1.62. The zero-order chi connectivity index (χ0) is 28.7. The van der Waals surface area contributed by atoms with Crippen LogP contribution in [-0.4, -0.2) is 59.2 Å². The van der Waals surface area contributed by atoms with E-state index in [0.29, 0.717) is 51.2 Å². The Labute approximate surface area is 223 Å². The molecule has 39 heavy (non-hydrogen) atoms. The first-order chi connectivity index (χ1) is 18.5. The van der Waals surface area contributed by atoms with E-state index in [0.717, 1.165) is 0 Å². The van der Waals surface area contributed by atoms with Crippen molar-refractivity contribution in [2.75, 3.05) is 33.1 Å². The van der Waals surface area contributed by atoms with E-state index in [2.05, 4.69) is 25.3 Å². The number of nitrogens with two attached hydrogens (primary N) is 1. The van der Waals surface area contributed by atoms with Gasteiger partial charge >= 0.3 is 6.18 Å². The summed E-state index contributed by atoms with van der Waals surface area (Å²) in [5, 5.41) is 2.96. The van der Waals surface area contributed by atoms with E-state index < -0.39 is 12.6 Å². The molecule has 0 aliphatic heterocycles. The molecule has 0 fully saturated rings. The SMILES string of the molecule is CNc1ncc(C(=CN)C(C)=NCCCC(F)(F)F)nc1-c1cn(C)c(=O)c(-c2cc(OC)cc(OC)c2)n1. The lowest BCUT2D eigenvalue weighted by molar-refractivity contribution is -0.134. The van der Waals surface area contributed by atoms with E-state index in [1.54, 1.807) is 39.2 Å². The van der Waals surface area contributed by atoms with E-state index in [4.69, 9.17) is 15.2 Å². The van der Waals surface area contributed by atoms with Crippen LogP contribution in [0.2, 0.25) is 0 Å². The first-order valence-corrected chi connectivity index (χ1v) is 11.9. The zero-order valence-corrected chi connectivity index (χ0v) is 22.3. The zero-order valence-electron chi connectivity index (χ0n) is 22.3. The average Bonchev–Trinajstić information content (AvgIpc) is 2.92. The molecular weight excluding hydrogens is 515 g/mol. The molecule has 0 saturated carbocycles. The topological polar surface area (TPSA) is 130 Å². The molecule has 3 N–H and O–H groups in total. The molecular formula is C26H30F3N7O3. The number of anilines is 1. The average molecular weight is 546 g/mol. The van der Waals surface area contributed by atoms with Gasteiger partial charge < -0.3 is 25.1 Å². The highest BCUT2D eigenvalue weighted by Crippen LogP contribution is 2.30. The van der Waals surface area contributed by atoms with Crippen LogP contribution in [0, 0.1) is 0 Å². The van der Waals surface area contributed by atoms with Crippen molar-refractivity contribution in [3.63, 3.8) is 0 Å². The van der Waals surface area contributed by atoms with Crippen LogP contribution in [0.3, 0.4) is 0 Å². The number of allylic oxidation sites excluding steroid dienone is 1. The van der Waals surface area contributed by atoms with Crippen molar-refractivity contribution in [2.45, 2.75) is 25.9 Å². The van der Waals surface area contributed by atoms with E-state index >= 15 is 0 Å². The third kappa shape index (κ3) is 7.12. The molecule has 2 heterocycles. The predicted molar refractivity (Wildman–Crippen MR) is 144 cm³/mol. The number of nitrogens with zero attached hydrogens (tertiary/aromatic N) is 5. The molecule has 0 radical (unpaired) electrons. The third-order valence-electron chi connectivity index (χ3n) is 5.75. The van der Waals surface area contributed by atoms with Crippen molar-refractivity contribution in [3.05, 3.63) is 52.8 Å². The molecule has 1 aromatic carbocycles. The molecule has 0 bridgehead atoms. The maximum Gasteiger partial charge on any atom is 0.389 e. The summed E-state index contributed by atoms with van der Waals surface area (Å²) in [7, 11) is 6.26. The highest BCUT2D eigenvalue weighted by atomic mass is 19.4. The lowest BCUT2D eigenvalue weighted by atomic mass is 10.1. The molecule has 208 valence electrons. The Morgan fingerprint density at radius 3 is 2.38 bits per heavy atom. The van der Waals surface area contributed by atoms with Crippen molar-refractivity contribution >= 4 is 17.1 Å². The van der Waals surface area contributed by atoms with Gasteiger partial charge in [-0.1, -0.05) is 0 Å². The Hall–Kier alpha value is -4.42. The summed E-state index contributed by atoms with van der Waals surface area (Å²) < 4.78 is 49.5. The van der Waals surface area contributed by atoms with Crippen LogP contribution in [0.4, 0.5) is 19.0 Å². The van der Waals surface area contributed by atoms with Crippen LogP contribution < -0.4 is 26.1 Å². The molecule has 0 aliphatic rings. The molecule has 0 unspecified atom stereocenters. The molecule has 3 rings (SSSR count). The van der Waals surface area contributed by atoms with Crippen LogP contribution >= 0.6 is 0 Å². The summed E-state index contributed by atoms with van der Waals surface area (Å²) in [6.07, 6.45) is -1.03. The Kier molecular flexibility index (Phi) is 9.28. The number of halogens is 3. The molecule has 0 spiro atoms. The van der Waals surface area contributed by atoms with Gasteiger partial charge in [0.2, 0.25) is 0 Å². The van der Waals surface area contributed by atoms with E-state index in [9.17, 15) is 18.0 Å². The number of alkyl halides is 3. The fourth-order valence-corrected chi connectivity index (χ4v) is 3.74. The second-order valence-corrected chi connectivity index (χ2v) is 8.46. The maximum absolute atomic E-state index is 13.1. The highest BCUT2D eigenvalue weighted by Gasteiger charge is 2.26. The minimum atomic E-state index is -4.24. The minimum absolute atomic E-state index is 0.0206. The molecule has 0 saturated heterocycles. The highest BCUT2D eigenvalue weighted by molar-refractivity contribution is 6.22. The quantitative estimate of drug-likeness (QED) is 0.288. The van der Waals surface area contributed by atoms with E-state index in [1.165, 1.54) is 37.4 Å². The van der Waals surface area contributed by atoms with Crippen LogP contribution in [0.5, 0.6) is 11.5 Å². The number of rotatable bonds is 10. The molecule has 10 nitrogen and oxygen atoms in total. The van der Waals surface area contributed by atoms with Gasteiger partial charge in [0.05, 0.1) is 26.1 Å². The van der Waals surface area contributed by atoms with Gasteiger partial charge in [-0.25, -0.2) is 15.0 Å². The molecule has 13 heteroatoms. The summed E-state index contributed by atoms with van der Waals surface area (Å²) in [4.78, 5) is 31.0. The molecule has 0 atom stereocenters.